The van der Waals surface area contributed by atoms with E-state index in [0.29, 0.717) is 11.5 Å². The van der Waals surface area contributed by atoms with Crippen LogP contribution in [-0.2, 0) is 0 Å². The van der Waals surface area contributed by atoms with Gasteiger partial charge in [-0.3, -0.25) is 0 Å². The van der Waals surface area contributed by atoms with Gasteiger partial charge in [-0.05, 0) is 25.5 Å². The third-order valence-corrected chi connectivity index (χ3v) is 2.19. The highest BCUT2D eigenvalue weighted by atomic mass is 16.3. The first-order valence-electron chi connectivity index (χ1n) is 4.16. The lowest BCUT2D eigenvalue weighted by Crippen LogP contribution is -1.81. The maximum absolute atomic E-state index is 9.52. The summed E-state index contributed by atoms with van der Waals surface area (Å²) in [5, 5.41) is 9.52. The fraction of sp³-hybridized carbons (Fsp3) is 0.300. The molecular formula is C10H11NO2. The van der Waals surface area contributed by atoms with E-state index in [1.54, 1.807) is 13.0 Å². The van der Waals surface area contributed by atoms with E-state index in [4.69, 9.17) is 4.42 Å². The third-order valence-electron chi connectivity index (χ3n) is 2.19. The van der Waals surface area contributed by atoms with E-state index in [1.807, 2.05) is 13.8 Å². The van der Waals surface area contributed by atoms with E-state index in [0.717, 1.165) is 16.6 Å². The molecule has 13 heavy (non-hydrogen) atoms. The van der Waals surface area contributed by atoms with Gasteiger partial charge in [0, 0.05) is 12.5 Å². The van der Waals surface area contributed by atoms with Gasteiger partial charge in [-0.1, -0.05) is 0 Å². The fourth-order valence-corrected chi connectivity index (χ4v) is 1.45. The molecule has 68 valence electrons. The lowest BCUT2D eigenvalue weighted by Gasteiger charge is -2.00. The van der Waals surface area contributed by atoms with Crippen molar-refractivity contribution in [1.82, 2.24) is 4.98 Å². The van der Waals surface area contributed by atoms with Crippen molar-refractivity contribution < 1.29 is 9.52 Å². The molecule has 0 aliphatic rings. The molecule has 3 nitrogen and oxygen atoms in total. The van der Waals surface area contributed by atoms with Crippen molar-refractivity contribution in [2.45, 2.75) is 20.8 Å². The van der Waals surface area contributed by atoms with Crippen LogP contribution in [0, 0.1) is 20.8 Å². The van der Waals surface area contributed by atoms with Gasteiger partial charge in [-0.15, -0.1) is 0 Å². The smallest absolute Gasteiger partial charge is 0.192 e. The van der Waals surface area contributed by atoms with Gasteiger partial charge < -0.3 is 9.52 Å². The van der Waals surface area contributed by atoms with E-state index >= 15 is 0 Å². The van der Waals surface area contributed by atoms with Crippen LogP contribution in [0.25, 0.3) is 11.1 Å². The molecule has 0 fully saturated rings. The zero-order valence-electron chi connectivity index (χ0n) is 7.88. The number of benzene rings is 1. The Morgan fingerprint density at radius 1 is 1.31 bits per heavy atom. The number of aryl methyl sites for hydroxylation is 3. The average molecular weight is 177 g/mol. The Morgan fingerprint density at radius 3 is 2.69 bits per heavy atom. The van der Waals surface area contributed by atoms with Gasteiger partial charge in [0.05, 0.1) is 0 Å². The molecule has 0 amide bonds. The summed E-state index contributed by atoms with van der Waals surface area (Å²) in [7, 11) is 0. The molecule has 0 saturated carbocycles. The lowest BCUT2D eigenvalue weighted by molar-refractivity contribution is 0.469. The normalized spacial score (nSPS) is 11.0. The summed E-state index contributed by atoms with van der Waals surface area (Å²) in [6.45, 7) is 5.53. The minimum atomic E-state index is 0.265. The Kier molecular flexibility index (Phi) is 1.55. The SMILES string of the molecule is Cc1nc2c(C)cc(O)c(C)c2o1. The summed E-state index contributed by atoms with van der Waals surface area (Å²) in [6, 6.07) is 1.71. The number of hydrogen-bond acceptors (Lipinski definition) is 3. The second-order valence-corrected chi connectivity index (χ2v) is 3.25. The van der Waals surface area contributed by atoms with Crippen molar-refractivity contribution in [3.63, 3.8) is 0 Å². The van der Waals surface area contributed by atoms with Crippen LogP contribution < -0.4 is 0 Å². The van der Waals surface area contributed by atoms with Gasteiger partial charge >= 0.3 is 0 Å². The van der Waals surface area contributed by atoms with Gasteiger partial charge in [0.1, 0.15) is 11.3 Å². The Hall–Kier alpha value is -1.51. The number of nitrogens with zero attached hydrogens (tertiary/aromatic N) is 1. The van der Waals surface area contributed by atoms with Crippen LogP contribution in [0.2, 0.25) is 0 Å². The topological polar surface area (TPSA) is 46.3 Å². The molecule has 0 atom stereocenters. The molecule has 0 unspecified atom stereocenters. The second kappa shape index (κ2) is 2.49. The maximum atomic E-state index is 9.52. The second-order valence-electron chi connectivity index (χ2n) is 3.25. The number of phenolic OH excluding ortho intramolecular Hbond substituents is 1. The van der Waals surface area contributed by atoms with Gasteiger partial charge in [0.25, 0.3) is 0 Å². The van der Waals surface area contributed by atoms with Crippen molar-refractivity contribution in [3.8, 4) is 5.75 Å². The minimum absolute atomic E-state index is 0.265. The number of rotatable bonds is 0. The largest absolute Gasteiger partial charge is 0.508 e. The van der Waals surface area contributed by atoms with Crippen LogP contribution >= 0.6 is 0 Å². The number of hydrogen-bond donors (Lipinski definition) is 1. The molecule has 1 aromatic carbocycles. The first-order chi connectivity index (χ1) is 6.09. The molecule has 0 aliphatic carbocycles. The Bertz CT molecular complexity index is 471. The zero-order valence-corrected chi connectivity index (χ0v) is 7.88. The molecule has 1 heterocycles. The summed E-state index contributed by atoms with van der Waals surface area (Å²) < 4.78 is 5.39. The van der Waals surface area contributed by atoms with Crippen LogP contribution in [0.15, 0.2) is 10.5 Å². The van der Waals surface area contributed by atoms with E-state index in [2.05, 4.69) is 4.98 Å². The van der Waals surface area contributed by atoms with Crippen LogP contribution in [0.4, 0.5) is 0 Å². The van der Waals surface area contributed by atoms with Gasteiger partial charge in [0.2, 0.25) is 0 Å². The quantitative estimate of drug-likeness (QED) is 0.672. The van der Waals surface area contributed by atoms with E-state index in [1.165, 1.54) is 0 Å². The summed E-state index contributed by atoms with van der Waals surface area (Å²) >= 11 is 0. The Labute approximate surface area is 76.0 Å². The number of fused-ring (bicyclic) bond motifs is 1. The highest BCUT2D eigenvalue weighted by Crippen LogP contribution is 2.29. The van der Waals surface area contributed by atoms with E-state index < -0.39 is 0 Å². The highest BCUT2D eigenvalue weighted by molar-refractivity contribution is 5.82. The summed E-state index contributed by atoms with van der Waals surface area (Å²) in [4.78, 5) is 4.24. The summed E-state index contributed by atoms with van der Waals surface area (Å²) in [6.07, 6.45) is 0. The lowest BCUT2D eigenvalue weighted by atomic mass is 10.1. The van der Waals surface area contributed by atoms with Crippen molar-refractivity contribution in [2.75, 3.05) is 0 Å². The predicted octanol–water partition coefficient (Wildman–Crippen LogP) is 2.46. The molecule has 1 N–H and O–H groups in total. The number of phenols is 1. The van der Waals surface area contributed by atoms with E-state index in [-0.39, 0.29) is 5.75 Å². The van der Waals surface area contributed by atoms with Crippen LogP contribution in [0.1, 0.15) is 17.0 Å². The molecule has 0 aliphatic heterocycles. The minimum Gasteiger partial charge on any atom is -0.508 e. The molecule has 2 aromatic rings. The monoisotopic (exact) mass is 177 g/mol. The first kappa shape index (κ1) is 8.10. The molecule has 1 aromatic heterocycles. The third kappa shape index (κ3) is 1.08. The highest BCUT2D eigenvalue weighted by Gasteiger charge is 2.11. The summed E-state index contributed by atoms with van der Waals surface area (Å²) in [5.41, 5.74) is 3.22. The van der Waals surface area contributed by atoms with Crippen LogP contribution in [-0.4, -0.2) is 10.1 Å². The number of oxazole rings is 1. The van der Waals surface area contributed by atoms with Crippen molar-refractivity contribution in [3.05, 3.63) is 23.1 Å². The van der Waals surface area contributed by atoms with Gasteiger partial charge in [-0.2, -0.15) is 0 Å². The van der Waals surface area contributed by atoms with Crippen molar-refractivity contribution >= 4 is 11.1 Å². The molecule has 0 bridgehead atoms. The first-order valence-corrected chi connectivity index (χ1v) is 4.16. The van der Waals surface area contributed by atoms with Gasteiger partial charge in [-0.25, -0.2) is 4.98 Å². The van der Waals surface area contributed by atoms with Crippen molar-refractivity contribution in [2.24, 2.45) is 0 Å². The zero-order chi connectivity index (χ0) is 9.59. The predicted molar refractivity (Wildman–Crippen MR) is 49.9 cm³/mol. The Balaban J connectivity index is 2.95. The molecule has 3 heteroatoms. The number of aromatic nitrogens is 1. The summed E-state index contributed by atoms with van der Waals surface area (Å²) in [5.74, 6) is 0.896. The standard InChI is InChI=1S/C10H11NO2/c1-5-4-8(12)6(2)10-9(5)11-7(3)13-10/h4,12H,1-3H3. The van der Waals surface area contributed by atoms with Crippen molar-refractivity contribution in [1.29, 1.82) is 0 Å². The molecule has 0 saturated heterocycles. The maximum Gasteiger partial charge on any atom is 0.192 e. The van der Waals surface area contributed by atoms with Crippen LogP contribution in [0.3, 0.4) is 0 Å². The van der Waals surface area contributed by atoms with Gasteiger partial charge in [0.15, 0.2) is 11.5 Å². The molecule has 0 spiro atoms. The average Bonchev–Trinajstić information content (AvgIpc) is 2.44. The Morgan fingerprint density at radius 2 is 2.00 bits per heavy atom. The number of aromatic hydroxyl groups is 1. The molecular weight excluding hydrogens is 166 g/mol. The molecule has 2 rings (SSSR count). The van der Waals surface area contributed by atoms with Crippen LogP contribution in [0.5, 0.6) is 5.75 Å². The van der Waals surface area contributed by atoms with E-state index in [9.17, 15) is 5.11 Å². The fourth-order valence-electron chi connectivity index (χ4n) is 1.45. The molecule has 0 radical (unpaired) electrons.